The van der Waals surface area contributed by atoms with Crippen molar-refractivity contribution in [2.24, 2.45) is 0 Å². The van der Waals surface area contributed by atoms with E-state index < -0.39 is 9.05 Å². The van der Waals surface area contributed by atoms with Crippen molar-refractivity contribution < 1.29 is 13.2 Å². The van der Waals surface area contributed by atoms with E-state index in [1.165, 1.54) is 6.07 Å². The zero-order valence-electron chi connectivity index (χ0n) is 9.58. The highest BCUT2D eigenvalue weighted by atomic mass is 127. The van der Waals surface area contributed by atoms with Crippen molar-refractivity contribution in [3.8, 4) is 5.88 Å². The Bertz CT molecular complexity index is 677. The molecule has 1 heterocycles. The predicted molar refractivity (Wildman–Crippen MR) is 80.8 cm³/mol. The molecule has 0 unspecified atom stereocenters. The third-order valence-corrected chi connectivity index (χ3v) is 4.03. The molecule has 0 atom stereocenters. The van der Waals surface area contributed by atoms with Gasteiger partial charge in [0.1, 0.15) is 6.61 Å². The molecule has 0 fully saturated rings. The summed E-state index contributed by atoms with van der Waals surface area (Å²) in [5.74, 6) is 0.231. The number of pyridine rings is 1. The van der Waals surface area contributed by atoms with Crippen LogP contribution in [0.2, 0.25) is 0 Å². The fourth-order valence-electron chi connectivity index (χ4n) is 1.38. The van der Waals surface area contributed by atoms with Crippen molar-refractivity contribution in [1.82, 2.24) is 4.98 Å². The van der Waals surface area contributed by atoms with Gasteiger partial charge < -0.3 is 4.74 Å². The molecule has 0 aliphatic heterocycles. The van der Waals surface area contributed by atoms with E-state index in [0.29, 0.717) is 10.2 Å². The molecule has 0 saturated heterocycles. The number of rotatable bonds is 4. The molecule has 0 spiro atoms. The van der Waals surface area contributed by atoms with Crippen LogP contribution in [-0.2, 0) is 15.7 Å². The number of benzene rings is 1. The van der Waals surface area contributed by atoms with Crippen molar-refractivity contribution >= 4 is 42.3 Å². The molecule has 0 aliphatic carbocycles. The van der Waals surface area contributed by atoms with Gasteiger partial charge >= 0.3 is 0 Å². The van der Waals surface area contributed by atoms with E-state index in [1.54, 1.807) is 6.07 Å². The highest BCUT2D eigenvalue weighted by Crippen LogP contribution is 2.21. The zero-order chi connectivity index (χ0) is 13.9. The largest absolute Gasteiger partial charge is 0.473 e. The second-order valence-electron chi connectivity index (χ2n) is 3.67. The molecule has 0 radical (unpaired) electrons. The second-order valence-corrected chi connectivity index (χ2v) is 7.43. The first-order valence-electron chi connectivity index (χ1n) is 5.24. The molecule has 4 nitrogen and oxygen atoms in total. The van der Waals surface area contributed by atoms with Crippen LogP contribution >= 0.6 is 33.3 Å². The van der Waals surface area contributed by atoms with E-state index >= 15 is 0 Å². The molecule has 0 saturated carbocycles. The summed E-state index contributed by atoms with van der Waals surface area (Å²) in [4.78, 5) is 3.87. The zero-order valence-corrected chi connectivity index (χ0v) is 13.3. The van der Waals surface area contributed by atoms with Crippen LogP contribution in [0, 0.1) is 3.57 Å². The lowest BCUT2D eigenvalue weighted by atomic mass is 10.2. The van der Waals surface area contributed by atoms with Crippen LogP contribution in [0.1, 0.15) is 5.56 Å². The Labute approximate surface area is 129 Å². The first-order valence-corrected chi connectivity index (χ1v) is 8.63. The molecule has 1 aromatic carbocycles. The lowest BCUT2D eigenvalue weighted by Gasteiger charge is -2.07. The number of hydrogen-bond donors (Lipinski definition) is 0. The molecule has 100 valence electrons. The maximum absolute atomic E-state index is 11.3. The summed E-state index contributed by atoms with van der Waals surface area (Å²) < 4.78 is 28.7. The molecule has 7 heteroatoms. The van der Waals surface area contributed by atoms with E-state index in [0.717, 1.165) is 5.56 Å². The first-order chi connectivity index (χ1) is 8.95. The van der Waals surface area contributed by atoms with Crippen LogP contribution < -0.4 is 4.74 Å². The Kier molecular flexibility index (Phi) is 4.64. The van der Waals surface area contributed by atoms with Crippen LogP contribution in [0.3, 0.4) is 0 Å². The maximum Gasteiger partial charge on any atom is 0.278 e. The van der Waals surface area contributed by atoms with E-state index in [2.05, 4.69) is 4.98 Å². The molecule has 1 aromatic heterocycles. The minimum Gasteiger partial charge on any atom is -0.473 e. The van der Waals surface area contributed by atoms with Gasteiger partial charge in [0.15, 0.2) is 5.03 Å². The topological polar surface area (TPSA) is 56.3 Å². The molecule has 2 rings (SSSR count). The summed E-state index contributed by atoms with van der Waals surface area (Å²) in [5, 5.41) is -0.205. The van der Waals surface area contributed by atoms with E-state index in [4.69, 9.17) is 15.4 Å². The van der Waals surface area contributed by atoms with Gasteiger partial charge in [0.25, 0.3) is 9.05 Å². The second kappa shape index (κ2) is 6.06. The smallest absolute Gasteiger partial charge is 0.278 e. The fraction of sp³-hybridized carbons (Fsp3) is 0.0833. The van der Waals surface area contributed by atoms with Gasteiger partial charge in [-0.25, -0.2) is 13.4 Å². The minimum absolute atomic E-state index is 0.205. The van der Waals surface area contributed by atoms with Gasteiger partial charge in [-0.15, -0.1) is 0 Å². The Morgan fingerprint density at radius 2 is 1.89 bits per heavy atom. The Morgan fingerprint density at radius 1 is 1.21 bits per heavy atom. The van der Waals surface area contributed by atoms with E-state index in [1.807, 2.05) is 52.9 Å². The van der Waals surface area contributed by atoms with Crippen LogP contribution in [0.4, 0.5) is 0 Å². The predicted octanol–water partition coefficient (Wildman–Crippen LogP) is 3.19. The van der Waals surface area contributed by atoms with Crippen LogP contribution in [0.5, 0.6) is 5.88 Å². The van der Waals surface area contributed by atoms with Crippen LogP contribution in [0.15, 0.2) is 47.5 Å². The number of aromatic nitrogens is 1. The number of nitrogens with zero attached hydrogens (tertiary/aromatic N) is 1. The average molecular weight is 410 g/mol. The van der Waals surface area contributed by atoms with Crippen molar-refractivity contribution in [1.29, 1.82) is 0 Å². The summed E-state index contributed by atoms with van der Waals surface area (Å²) in [6.07, 6.45) is 0. The molecule has 0 N–H and O–H groups in total. The number of hydrogen-bond acceptors (Lipinski definition) is 4. The monoisotopic (exact) mass is 409 g/mol. The Balaban J connectivity index is 2.19. The molecular weight excluding hydrogens is 401 g/mol. The van der Waals surface area contributed by atoms with Gasteiger partial charge in [0.05, 0.1) is 0 Å². The molecule has 2 aromatic rings. The number of halogens is 2. The van der Waals surface area contributed by atoms with Gasteiger partial charge in [-0.3, -0.25) is 0 Å². The highest BCUT2D eigenvalue weighted by molar-refractivity contribution is 14.1. The number of ether oxygens (including phenoxy) is 1. The molecule has 0 aliphatic rings. The average Bonchev–Trinajstić information content (AvgIpc) is 2.36. The SMILES string of the molecule is O=S(=O)(Cl)c1cc(I)cc(OCc2ccccc2)n1. The molecule has 0 amide bonds. The third-order valence-electron chi connectivity index (χ3n) is 2.22. The standard InChI is InChI=1S/C12H9ClINO3S/c13-19(16,17)12-7-10(14)6-11(15-12)18-8-9-4-2-1-3-5-9/h1-7H,8H2. The van der Waals surface area contributed by atoms with Gasteiger partial charge in [0, 0.05) is 20.3 Å². The Morgan fingerprint density at radius 3 is 2.53 bits per heavy atom. The lowest BCUT2D eigenvalue weighted by molar-refractivity contribution is 0.291. The van der Waals surface area contributed by atoms with Gasteiger partial charge in [-0.1, -0.05) is 30.3 Å². The van der Waals surface area contributed by atoms with Crippen molar-refractivity contribution in [2.45, 2.75) is 11.6 Å². The molecule has 0 bridgehead atoms. The lowest BCUT2D eigenvalue weighted by Crippen LogP contribution is -2.01. The fourth-order valence-corrected chi connectivity index (χ4v) is 2.86. The molecule has 19 heavy (non-hydrogen) atoms. The van der Waals surface area contributed by atoms with Gasteiger partial charge in [-0.2, -0.15) is 0 Å². The van der Waals surface area contributed by atoms with Crippen molar-refractivity contribution in [3.05, 3.63) is 51.6 Å². The maximum atomic E-state index is 11.3. The summed E-state index contributed by atoms with van der Waals surface area (Å²) in [5.41, 5.74) is 0.971. The molecular formula is C12H9ClINO3S. The van der Waals surface area contributed by atoms with E-state index in [9.17, 15) is 8.42 Å². The summed E-state index contributed by atoms with van der Waals surface area (Å²) >= 11 is 1.98. The van der Waals surface area contributed by atoms with Gasteiger partial charge in [-0.05, 0) is 34.2 Å². The summed E-state index contributed by atoms with van der Waals surface area (Å²) in [6, 6.07) is 12.6. The quantitative estimate of drug-likeness (QED) is 0.575. The minimum atomic E-state index is -3.85. The normalized spacial score (nSPS) is 11.3. The van der Waals surface area contributed by atoms with E-state index in [-0.39, 0.29) is 10.9 Å². The van der Waals surface area contributed by atoms with Crippen LogP contribution in [-0.4, -0.2) is 13.4 Å². The van der Waals surface area contributed by atoms with Crippen molar-refractivity contribution in [3.63, 3.8) is 0 Å². The Hall–Kier alpha value is -0.860. The summed E-state index contributed by atoms with van der Waals surface area (Å²) in [6.45, 7) is 0.315. The van der Waals surface area contributed by atoms with Gasteiger partial charge in [0.2, 0.25) is 5.88 Å². The third kappa shape index (κ3) is 4.32. The van der Waals surface area contributed by atoms with Crippen LogP contribution in [0.25, 0.3) is 0 Å². The van der Waals surface area contributed by atoms with Crippen molar-refractivity contribution in [2.75, 3.05) is 0 Å². The highest BCUT2D eigenvalue weighted by Gasteiger charge is 2.14. The summed E-state index contributed by atoms with van der Waals surface area (Å²) in [7, 11) is 1.42. The first kappa shape index (κ1) is 14.5.